The maximum atomic E-state index is 13.2. The Labute approximate surface area is 224 Å². The molecule has 0 saturated heterocycles. The third kappa shape index (κ3) is 6.18. The average molecular weight is 519 g/mol. The molecule has 0 amide bonds. The number of esters is 1. The van der Waals surface area contributed by atoms with E-state index in [1.807, 2.05) is 47.0 Å². The van der Waals surface area contributed by atoms with E-state index in [2.05, 4.69) is 6.92 Å². The van der Waals surface area contributed by atoms with Gasteiger partial charge in [-0.15, -0.1) is 0 Å². The van der Waals surface area contributed by atoms with Gasteiger partial charge in [-0.2, -0.15) is 0 Å². The van der Waals surface area contributed by atoms with Crippen molar-refractivity contribution in [1.82, 2.24) is 14.5 Å². The van der Waals surface area contributed by atoms with Gasteiger partial charge < -0.3 is 24.5 Å². The molecule has 0 aliphatic carbocycles. The number of aryl methyl sites for hydroxylation is 2. The third-order valence-electron chi connectivity index (χ3n) is 6.85. The summed E-state index contributed by atoms with van der Waals surface area (Å²) in [5, 5.41) is 0. The topological polar surface area (TPSA) is 101 Å². The number of nitrogen functional groups attached to an aromatic ring is 1. The SMILES string of the molecule is CCCCCCCCCOC(=O)c1c(N)n(CCc2ccc(OC)c(OC)c2)c2nc3ccccc3nc12. The molecule has 8 heteroatoms. The number of anilines is 1. The van der Waals surface area contributed by atoms with E-state index in [1.165, 1.54) is 25.7 Å². The number of unbranched alkanes of at least 4 members (excludes halogenated alkanes) is 6. The van der Waals surface area contributed by atoms with Crippen LogP contribution in [-0.4, -0.2) is 41.3 Å². The molecule has 0 aliphatic rings. The lowest BCUT2D eigenvalue weighted by Gasteiger charge is -2.11. The van der Waals surface area contributed by atoms with E-state index in [4.69, 9.17) is 29.9 Å². The number of hydrogen-bond acceptors (Lipinski definition) is 7. The Morgan fingerprint density at radius 3 is 2.29 bits per heavy atom. The maximum Gasteiger partial charge on any atom is 0.344 e. The van der Waals surface area contributed by atoms with E-state index in [0.29, 0.717) is 53.6 Å². The summed E-state index contributed by atoms with van der Waals surface area (Å²) in [5.74, 6) is 1.20. The Balaban J connectivity index is 1.55. The van der Waals surface area contributed by atoms with E-state index in [1.54, 1.807) is 14.2 Å². The van der Waals surface area contributed by atoms with E-state index >= 15 is 0 Å². The Morgan fingerprint density at radius 2 is 1.58 bits per heavy atom. The number of methoxy groups -OCH3 is 2. The number of hydrogen-bond donors (Lipinski definition) is 1. The van der Waals surface area contributed by atoms with Crippen molar-refractivity contribution < 1.29 is 19.0 Å². The molecule has 2 aromatic heterocycles. The number of carbonyl (C=O) groups is 1. The summed E-state index contributed by atoms with van der Waals surface area (Å²) in [6.07, 6.45) is 8.70. The standard InChI is InChI=1S/C30H38N4O4/c1-4-5-6-7-8-9-12-19-38-30(35)26-27-29(33-23-14-11-10-13-22(23)32-27)34(28(26)31)18-17-21-15-16-24(36-2)25(20-21)37-3/h10-11,13-16,20H,4-9,12,17-19,31H2,1-3H3. The Kier molecular flexibility index (Phi) is 9.40. The van der Waals surface area contributed by atoms with Gasteiger partial charge in [0.05, 0.1) is 31.9 Å². The summed E-state index contributed by atoms with van der Waals surface area (Å²) in [5.41, 5.74) is 10.4. The Hall–Kier alpha value is -3.81. The molecule has 0 spiro atoms. The van der Waals surface area contributed by atoms with Gasteiger partial charge in [0.1, 0.15) is 16.9 Å². The van der Waals surface area contributed by atoms with Crippen LogP contribution in [0.25, 0.3) is 22.2 Å². The molecule has 2 N–H and O–H groups in total. The zero-order valence-electron chi connectivity index (χ0n) is 22.7. The zero-order chi connectivity index (χ0) is 26.9. The molecule has 2 heterocycles. The van der Waals surface area contributed by atoms with Gasteiger partial charge in [0, 0.05) is 6.54 Å². The fourth-order valence-corrected chi connectivity index (χ4v) is 4.72. The monoisotopic (exact) mass is 518 g/mol. The molecule has 4 aromatic rings. The van der Waals surface area contributed by atoms with Crippen LogP contribution < -0.4 is 15.2 Å². The van der Waals surface area contributed by atoms with Gasteiger partial charge in [0.25, 0.3) is 0 Å². The van der Waals surface area contributed by atoms with Crippen molar-refractivity contribution in [1.29, 1.82) is 0 Å². The first kappa shape index (κ1) is 27.2. The predicted molar refractivity (Wildman–Crippen MR) is 151 cm³/mol. The molecule has 4 rings (SSSR count). The number of carbonyl (C=O) groups excluding carboxylic acids is 1. The van der Waals surface area contributed by atoms with Crippen molar-refractivity contribution >= 4 is 34.0 Å². The second-order valence-corrected chi connectivity index (χ2v) is 9.49. The van der Waals surface area contributed by atoms with Crippen molar-refractivity contribution in [2.24, 2.45) is 0 Å². The van der Waals surface area contributed by atoms with Crippen molar-refractivity contribution in [2.45, 2.75) is 64.8 Å². The van der Waals surface area contributed by atoms with Crippen molar-refractivity contribution in [3.05, 3.63) is 53.6 Å². The molecule has 0 unspecified atom stereocenters. The van der Waals surface area contributed by atoms with Crippen molar-refractivity contribution in [3.63, 3.8) is 0 Å². The van der Waals surface area contributed by atoms with E-state index in [9.17, 15) is 4.79 Å². The lowest BCUT2D eigenvalue weighted by Crippen LogP contribution is -2.11. The van der Waals surface area contributed by atoms with Crippen LogP contribution in [0.4, 0.5) is 5.82 Å². The largest absolute Gasteiger partial charge is 0.493 e. The molecule has 202 valence electrons. The molecule has 38 heavy (non-hydrogen) atoms. The highest BCUT2D eigenvalue weighted by Crippen LogP contribution is 2.31. The van der Waals surface area contributed by atoms with Crippen LogP contribution in [0.5, 0.6) is 11.5 Å². The second-order valence-electron chi connectivity index (χ2n) is 9.49. The van der Waals surface area contributed by atoms with Gasteiger partial charge >= 0.3 is 5.97 Å². The quantitative estimate of drug-likeness (QED) is 0.154. The van der Waals surface area contributed by atoms with Gasteiger partial charge in [-0.25, -0.2) is 14.8 Å². The molecular weight excluding hydrogens is 480 g/mol. The molecule has 2 aromatic carbocycles. The van der Waals surface area contributed by atoms with Gasteiger partial charge in [-0.1, -0.05) is 63.6 Å². The number of nitrogens with zero attached hydrogens (tertiary/aromatic N) is 3. The molecule has 0 saturated carbocycles. The lowest BCUT2D eigenvalue weighted by molar-refractivity contribution is 0.0501. The van der Waals surface area contributed by atoms with Crippen LogP contribution in [0, 0.1) is 0 Å². The summed E-state index contributed by atoms with van der Waals surface area (Å²) in [7, 11) is 3.23. The van der Waals surface area contributed by atoms with Gasteiger partial charge in [0.2, 0.25) is 0 Å². The smallest absolute Gasteiger partial charge is 0.344 e. The molecule has 0 atom stereocenters. The number of benzene rings is 2. The van der Waals surface area contributed by atoms with Crippen LogP contribution in [0.2, 0.25) is 0 Å². The first-order chi connectivity index (χ1) is 18.6. The molecular formula is C30H38N4O4. The van der Waals surface area contributed by atoms with Crippen LogP contribution in [0.1, 0.15) is 67.8 Å². The minimum Gasteiger partial charge on any atom is -0.493 e. The number of fused-ring (bicyclic) bond motifs is 2. The molecule has 8 nitrogen and oxygen atoms in total. The Morgan fingerprint density at radius 1 is 0.895 bits per heavy atom. The fourth-order valence-electron chi connectivity index (χ4n) is 4.72. The highest BCUT2D eigenvalue weighted by atomic mass is 16.5. The molecule has 0 aliphatic heterocycles. The van der Waals surface area contributed by atoms with Crippen LogP contribution in [0.3, 0.4) is 0 Å². The fraction of sp³-hybridized carbons (Fsp3) is 0.433. The Bertz CT molecular complexity index is 1380. The normalized spacial score (nSPS) is 11.2. The van der Waals surface area contributed by atoms with Gasteiger partial charge in [0.15, 0.2) is 17.1 Å². The molecule has 0 fully saturated rings. The lowest BCUT2D eigenvalue weighted by atomic mass is 10.1. The van der Waals surface area contributed by atoms with E-state index < -0.39 is 5.97 Å². The minimum atomic E-state index is -0.451. The second kappa shape index (κ2) is 13.1. The van der Waals surface area contributed by atoms with Crippen LogP contribution >= 0.6 is 0 Å². The number of para-hydroxylation sites is 2. The summed E-state index contributed by atoms with van der Waals surface area (Å²) in [6.45, 7) is 3.09. The molecule has 0 bridgehead atoms. The average Bonchev–Trinajstić information content (AvgIpc) is 3.21. The highest BCUT2D eigenvalue weighted by molar-refractivity contribution is 6.08. The van der Waals surface area contributed by atoms with Crippen LogP contribution in [0.15, 0.2) is 42.5 Å². The summed E-state index contributed by atoms with van der Waals surface area (Å²) in [4.78, 5) is 22.8. The van der Waals surface area contributed by atoms with E-state index in [0.717, 1.165) is 30.3 Å². The summed E-state index contributed by atoms with van der Waals surface area (Å²) < 4.78 is 18.3. The summed E-state index contributed by atoms with van der Waals surface area (Å²) in [6, 6.07) is 13.4. The first-order valence-corrected chi connectivity index (χ1v) is 13.5. The number of aromatic nitrogens is 3. The maximum absolute atomic E-state index is 13.2. The first-order valence-electron chi connectivity index (χ1n) is 13.5. The highest BCUT2D eigenvalue weighted by Gasteiger charge is 2.25. The number of nitrogens with two attached hydrogens (primary N) is 1. The van der Waals surface area contributed by atoms with Gasteiger partial charge in [-0.05, 0) is 42.7 Å². The van der Waals surface area contributed by atoms with E-state index in [-0.39, 0.29) is 5.56 Å². The number of ether oxygens (including phenoxy) is 3. The van der Waals surface area contributed by atoms with Crippen LogP contribution in [-0.2, 0) is 17.7 Å². The van der Waals surface area contributed by atoms with Gasteiger partial charge in [-0.3, -0.25) is 0 Å². The van der Waals surface area contributed by atoms with Crippen molar-refractivity contribution in [2.75, 3.05) is 26.6 Å². The summed E-state index contributed by atoms with van der Waals surface area (Å²) >= 11 is 0. The molecule has 0 radical (unpaired) electrons. The number of rotatable bonds is 14. The zero-order valence-corrected chi connectivity index (χ0v) is 22.7. The predicted octanol–water partition coefficient (Wildman–Crippen LogP) is 6.33. The third-order valence-corrected chi connectivity index (χ3v) is 6.85. The minimum absolute atomic E-state index is 0.286. The van der Waals surface area contributed by atoms with Crippen molar-refractivity contribution in [3.8, 4) is 11.5 Å².